The molecule has 0 radical (unpaired) electrons. The van der Waals surface area contributed by atoms with Gasteiger partial charge in [0, 0.05) is 48.6 Å². The molecule has 4 heterocycles. The summed E-state index contributed by atoms with van der Waals surface area (Å²) in [4.78, 5) is 29.3. The maximum absolute atomic E-state index is 11.6. The van der Waals surface area contributed by atoms with Gasteiger partial charge in [-0.25, -0.2) is 9.97 Å². The number of nitrogens with one attached hydrogen (secondary N) is 2. The van der Waals surface area contributed by atoms with Crippen LogP contribution in [0.2, 0.25) is 0 Å². The lowest BCUT2D eigenvalue weighted by Crippen LogP contribution is -2.45. The molecule has 2 N–H and O–H groups in total. The third-order valence-electron chi connectivity index (χ3n) is 6.63. The highest BCUT2D eigenvalue weighted by Crippen LogP contribution is 2.32. The minimum Gasteiger partial charge on any atom is -0.377 e. The zero-order chi connectivity index (χ0) is 23.7. The molecule has 1 fully saturated rings. The smallest absolute Gasteiger partial charge is 0.249 e. The summed E-state index contributed by atoms with van der Waals surface area (Å²) in [7, 11) is 0. The van der Waals surface area contributed by atoms with Crippen molar-refractivity contribution in [1.82, 2.24) is 19.9 Å². The predicted molar refractivity (Wildman–Crippen MR) is 135 cm³/mol. The van der Waals surface area contributed by atoms with Gasteiger partial charge in [0.25, 0.3) is 0 Å². The molecule has 2 aliphatic heterocycles. The van der Waals surface area contributed by atoms with Crippen molar-refractivity contribution in [2.75, 3.05) is 36.5 Å². The summed E-state index contributed by atoms with van der Waals surface area (Å²) in [6.07, 6.45) is 0.964. The maximum Gasteiger partial charge on any atom is 0.249 e. The monoisotopic (exact) mass is 460 g/mol. The summed E-state index contributed by atoms with van der Waals surface area (Å²) in [5.74, 6) is 2.46. The molecule has 2 aromatic heterocycles. The third-order valence-corrected chi connectivity index (χ3v) is 6.63. The van der Waals surface area contributed by atoms with Crippen LogP contribution in [0, 0.1) is 0 Å². The fourth-order valence-corrected chi connectivity index (χ4v) is 4.66. The minimum atomic E-state index is -0.135. The van der Waals surface area contributed by atoms with Crippen molar-refractivity contribution in [3.05, 3.63) is 64.1 Å². The van der Waals surface area contributed by atoms with Crippen LogP contribution in [0.25, 0.3) is 11.4 Å². The zero-order valence-corrected chi connectivity index (χ0v) is 20.0. The standard InChI is InChI=1S/C26H32N6O2/c1-17(2)31-12-11-21-22(15-31)28-25(30-26(21)32-13-14-34-16-18(32)3)19-7-9-20(10-8-19)27-23-5-4-6-24(33)29-23/h4-10,17-18H,11-16H2,1-3H3,(H2,27,29,33)/t18-/m0/s1. The van der Waals surface area contributed by atoms with E-state index in [9.17, 15) is 4.79 Å². The molecule has 0 amide bonds. The number of anilines is 3. The Morgan fingerprint density at radius 2 is 1.94 bits per heavy atom. The van der Waals surface area contributed by atoms with Gasteiger partial charge in [-0.3, -0.25) is 9.69 Å². The highest BCUT2D eigenvalue weighted by Gasteiger charge is 2.29. The Morgan fingerprint density at radius 1 is 1.12 bits per heavy atom. The molecule has 8 nitrogen and oxygen atoms in total. The van der Waals surface area contributed by atoms with Gasteiger partial charge in [0.05, 0.1) is 24.9 Å². The van der Waals surface area contributed by atoms with Crippen molar-refractivity contribution >= 4 is 17.3 Å². The molecule has 2 aliphatic rings. The summed E-state index contributed by atoms with van der Waals surface area (Å²) in [6.45, 7) is 10.8. The molecule has 0 unspecified atom stereocenters. The number of pyridine rings is 1. The topological polar surface area (TPSA) is 86.4 Å². The highest BCUT2D eigenvalue weighted by molar-refractivity contribution is 5.65. The van der Waals surface area contributed by atoms with Gasteiger partial charge in [-0.2, -0.15) is 0 Å². The largest absolute Gasteiger partial charge is 0.377 e. The zero-order valence-electron chi connectivity index (χ0n) is 20.0. The Hall–Kier alpha value is -3.23. The molecule has 1 atom stereocenters. The average Bonchev–Trinajstić information content (AvgIpc) is 2.84. The van der Waals surface area contributed by atoms with Gasteiger partial charge in [-0.15, -0.1) is 0 Å². The van der Waals surface area contributed by atoms with Crippen LogP contribution in [0.4, 0.5) is 17.3 Å². The summed E-state index contributed by atoms with van der Waals surface area (Å²) < 4.78 is 5.69. The number of benzene rings is 1. The van der Waals surface area contributed by atoms with Gasteiger partial charge in [0.1, 0.15) is 11.6 Å². The second-order valence-corrected chi connectivity index (χ2v) is 9.36. The summed E-state index contributed by atoms with van der Waals surface area (Å²) in [5, 5.41) is 3.24. The fourth-order valence-electron chi connectivity index (χ4n) is 4.66. The molecule has 3 aromatic rings. The first kappa shape index (κ1) is 22.6. The molecule has 8 heteroatoms. The van der Waals surface area contributed by atoms with E-state index in [0.29, 0.717) is 18.5 Å². The first-order valence-corrected chi connectivity index (χ1v) is 12.0. The van der Waals surface area contributed by atoms with Crippen molar-refractivity contribution in [3.63, 3.8) is 0 Å². The number of aromatic amines is 1. The van der Waals surface area contributed by atoms with Crippen LogP contribution in [0.3, 0.4) is 0 Å². The van der Waals surface area contributed by atoms with Crippen LogP contribution in [0.1, 0.15) is 32.0 Å². The van der Waals surface area contributed by atoms with Crippen LogP contribution in [0.5, 0.6) is 0 Å². The Bertz CT molecular complexity index is 1210. The number of fused-ring (bicyclic) bond motifs is 1. The van der Waals surface area contributed by atoms with Crippen molar-refractivity contribution in [2.24, 2.45) is 0 Å². The van der Waals surface area contributed by atoms with E-state index in [2.05, 4.69) is 40.9 Å². The van der Waals surface area contributed by atoms with E-state index in [0.717, 1.165) is 61.2 Å². The maximum atomic E-state index is 11.6. The molecule has 1 saturated heterocycles. The number of hydrogen-bond donors (Lipinski definition) is 2. The lowest BCUT2D eigenvalue weighted by atomic mass is 10.0. The van der Waals surface area contributed by atoms with E-state index in [1.165, 1.54) is 11.6 Å². The molecule has 0 aliphatic carbocycles. The third kappa shape index (κ3) is 4.69. The molecule has 0 saturated carbocycles. The van der Waals surface area contributed by atoms with Gasteiger partial charge in [0.15, 0.2) is 5.82 Å². The first-order valence-electron chi connectivity index (χ1n) is 12.0. The van der Waals surface area contributed by atoms with Gasteiger partial charge in [0.2, 0.25) is 5.56 Å². The van der Waals surface area contributed by atoms with Crippen molar-refractivity contribution < 1.29 is 4.74 Å². The lowest BCUT2D eigenvalue weighted by molar-refractivity contribution is 0.0983. The molecular weight excluding hydrogens is 428 g/mol. The molecule has 34 heavy (non-hydrogen) atoms. The Kier molecular flexibility index (Phi) is 6.34. The molecule has 0 spiro atoms. The van der Waals surface area contributed by atoms with Crippen LogP contribution >= 0.6 is 0 Å². The van der Waals surface area contributed by atoms with E-state index in [4.69, 9.17) is 14.7 Å². The second-order valence-electron chi connectivity index (χ2n) is 9.36. The highest BCUT2D eigenvalue weighted by atomic mass is 16.5. The number of rotatable bonds is 5. The van der Waals surface area contributed by atoms with E-state index >= 15 is 0 Å². The normalized spacial score (nSPS) is 18.7. The number of aromatic nitrogens is 3. The van der Waals surface area contributed by atoms with Crippen molar-refractivity contribution in [2.45, 2.75) is 45.8 Å². The van der Waals surface area contributed by atoms with E-state index in [1.807, 2.05) is 30.3 Å². The van der Waals surface area contributed by atoms with E-state index in [1.54, 1.807) is 6.07 Å². The minimum absolute atomic E-state index is 0.135. The van der Waals surface area contributed by atoms with Gasteiger partial charge >= 0.3 is 0 Å². The first-order chi connectivity index (χ1) is 16.5. The number of morpholine rings is 1. The number of nitrogens with zero attached hydrogens (tertiary/aromatic N) is 4. The van der Waals surface area contributed by atoms with E-state index < -0.39 is 0 Å². The van der Waals surface area contributed by atoms with E-state index in [-0.39, 0.29) is 11.6 Å². The molecule has 1 aromatic carbocycles. The summed E-state index contributed by atoms with van der Waals surface area (Å²) in [6, 6.07) is 13.8. The predicted octanol–water partition coefficient (Wildman–Crippen LogP) is 3.57. The quantitative estimate of drug-likeness (QED) is 0.602. The lowest BCUT2D eigenvalue weighted by Gasteiger charge is -2.38. The molecule has 0 bridgehead atoms. The Morgan fingerprint density at radius 3 is 2.68 bits per heavy atom. The molecule has 178 valence electrons. The van der Waals surface area contributed by atoms with Crippen LogP contribution in [-0.2, 0) is 17.7 Å². The number of H-pyrrole nitrogens is 1. The summed E-state index contributed by atoms with van der Waals surface area (Å²) in [5.41, 5.74) is 4.13. The summed E-state index contributed by atoms with van der Waals surface area (Å²) >= 11 is 0. The number of ether oxygens (including phenoxy) is 1. The van der Waals surface area contributed by atoms with Crippen molar-refractivity contribution in [3.8, 4) is 11.4 Å². The van der Waals surface area contributed by atoms with Crippen LogP contribution in [0.15, 0.2) is 47.3 Å². The molecular formula is C26H32N6O2. The van der Waals surface area contributed by atoms with Gasteiger partial charge in [-0.05, 0) is 57.5 Å². The van der Waals surface area contributed by atoms with Gasteiger partial charge in [-0.1, -0.05) is 6.07 Å². The van der Waals surface area contributed by atoms with Crippen LogP contribution in [-0.4, -0.2) is 58.2 Å². The van der Waals surface area contributed by atoms with Crippen molar-refractivity contribution in [1.29, 1.82) is 0 Å². The fraction of sp³-hybridized carbons (Fsp3) is 0.423. The van der Waals surface area contributed by atoms with Gasteiger partial charge < -0.3 is 19.9 Å². The Balaban J connectivity index is 1.49. The Labute approximate surface area is 200 Å². The molecule has 5 rings (SSSR count). The SMILES string of the molecule is CC(C)N1CCc2c(nc(-c3ccc(Nc4cccc(=O)[nH]4)cc3)nc2N2CCOC[C@@H]2C)C1. The van der Waals surface area contributed by atoms with Crippen LogP contribution < -0.4 is 15.8 Å². The number of hydrogen-bond acceptors (Lipinski definition) is 7. The second kappa shape index (κ2) is 9.56. The average molecular weight is 461 g/mol.